The van der Waals surface area contributed by atoms with Crippen LogP contribution in [0.25, 0.3) is 0 Å². The Kier molecular flexibility index (Phi) is 10.6. The fourth-order valence-electron chi connectivity index (χ4n) is 2.78. The van der Waals surface area contributed by atoms with Crippen LogP contribution in [0.4, 0.5) is 14.5 Å². The number of benzene rings is 1. The molecular formula is C17H27F2IN4O2. The van der Waals surface area contributed by atoms with Crippen LogP contribution in [0.5, 0.6) is 5.75 Å². The predicted octanol–water partition coefficient (Wildman–Crippen LogP) is 2.69. The highest BCUT2D eigenvalue weighted by Gasteiger charge is 2.25. The minimum absolute atomic E-state index is 0. The van der Waals surface area contributed by atoms with Crippen LogP contribution in [0.1, 0.15) is 13.3 Å². The maximum Gasteiger partial charge on any atom is 0.387 e. The SMILES string of the molecule is CCOCCNC(=NC)NC1CCN(c2ccccc2OC(F)F)C1.I. The molecule has 1 atom stereocenters. The Balaban J connectivity index is 0.00000338. The van der Waals surface area contributed by atoms with Crippen molar-refractivity contribution in [3.05, 3.63) is 24.3 Å². The van der Waals surface area contributed by atoms with Gasteiger partial charge in [0.1, 0.15) is 5.75 Å². The second-order valence-corrected chi connectivity index (χ2v) is 5.62. The summed E-state index contributed by atoms with van der Waals surface area (Å²) in [6, 6.07) is 7.06. The van der Waals surface area contributed by atoms with Crippen molar-refractivity contribution in [2.24, 2.45) is 4.99 Å². The molecule has 1 aromatic rings. The Morgan fingerprint density at radius 1 is 1.38 bits per heavy atom. The van der Waals surface area contributed by atoms with Crippen LogP contribution in [-0.2, 0) is 4.74 Å². The van der Waals surface area contributed by atoms with Gasteiger partial charge >= 0.3 is 6.61 Å². The van der Waals surface area contributed by atoms with Gasteiger partial charge in [0.2, 0.25) is 0 Å². The van der Waals surface area contributed by atoms with Crippen molar-refractivity contribution in [2.75, 3.05) is 44.8 Å². The average Bonchev–Trinajstić information content (AvgIpc) is 3.06. The number of guanidine groups is 1. The molecule has 1 heterocycles. The van der Waals surface area contributed by atoms with Crippen LogP contribution in [0.2, 0.25) is 0 Å². The third kappa shape index (κ3) is 7.10. The first-order chi connectivity index (χ1) is 12.1. The van der Waals surface area contributed by atoms with Crippen LogP contribution in [-0.4, -0.2) is 58.5 Å². The number of rotatable bonds is 8. The molecule has 0 amide bonds. The minimum Gasteiger partial charge on any atom is -0.433 e. The first-order valence-electron chi connectivity index (χ1n) is 8.47. The molecule has 0 aliphatic carbocycles. The highest BCUT2D eigenvalue weighted by Crippen LogP contribution is 2.31. The van der Waals surface area contributed by atoms with Gasteiger partial charge in [0.15, 0.2) is 5.96 Å². The molecular weight excluding hydrogens is 457 g/mol. The number of para-hydroxylation sites is 2. The van der Waals surface area contributed by atoms with Gasteiger partial charge in [-0.2, -0.15) is 8.78 Å². The van der Waals surface area contributed by atoms with E-state index in [1.165, 1.54) is 0 Å². The maximum absolute atomic E-state index is 12.6. The lowest BCUT2D eigenvalue weighted by molar-refractivity contribution is -0.0495. The number of nitrogens with zero attached hydrogens (tertiary/aromatic N) is 2. The number of hydrogen-bond donors (Lipinski definition) is 2. The van der Waals surface area contributed by atoms with Crippen molar-refractivity contribution in [1.82, 2.24) is 10.6 Å². The molecule has 1 unspecified atom stereocenters. The topological polar surface area (TPSA) is 58.1 Å². The quantitative estimate of drug-likeness (QED) is 0.257. The zero-order valence-corrected chi connectivity index (χ0v) is 17.4. The van der Waals surface area contributed by atoms with E-state index in [1.54, 1.807) is 25.2 Å². The van der Waals surface area contributed by atoms with Gasteiger partial charge in [-0.25, -0.2) is 0 Å². The molecule has 148 valence electrons. The van der Waals surface area contributed by atoms with Crippen LogP contribution >= 0.6 is 24.0 Å². The normalized spacial score (nSPS) is 17.2. The average molecular weight is 484 g/mol. The highest BCUT2D eigenvalue weighted by atomic mass is 127. The van der Waals surface area contributed by atoms with Crippen molar-refractivity contribution in [2.45, 2.75) is 26.0 Å². The zero-order valence-electron chi connectivity index (χ0n) is 15.1. The largest absolute Gasteiger partial charge is 0.433 e. The second kappa shape index (κ2) is 12.1. The fraction of sp³-hybridized carbons (Fsp3) is 0.588. The molecule has 0 saturated carbocycles. The number of nitrogens with one attached hydrogen (secondary N) is 2. The number of alkyl halides is 2. The zero-order chi connectivity index (χ0) is 18.1. The van der Waals surface area contributed by atoms with Crippen molar-refractivity contribution in [3.8, 4) is 5.75 Å². The summed E-state index contributed by atoms with van der Waals surface area (Å²) in [6.45, 7) is 2.56. The summed E-state index contributed by atoms with van der Waals surface area (Å²) in [5.41, 5.74) is 0.686. The molecule has 6 nitrogen and oxygen atoms in total. The van der Waals surface area contributed by atoms with Gasteiger partial charge in [0, 0.05) is 39.3 Å². The van der Waals surface area contributed by atoms with Gasteiger partial charge in [-0.05, 0) is 25.5 Å². The summed E-state index contributed by atoms with van der Waals surface area (Å²) in [6.07, 6.45) is 0.884. The fourth-order valence-corrected chi connectivity index (χ4v) is 2.78. The van der Waals surface area contributed by atoms with E-state index in [0.717, 1.165) is 13.0 Å². The van der Waals surface area contributed by atoms with Crippen molar-refractivity contribution < 1.29 is 18.3 Å². The summed E-state index contributed by atoms with van der Waals surface area (Å²) < 4.78 is 35.1. The van der Waals surface area contributed by atoms with E-state index >= 15 is 0 Å². The van der Waals surface area contributed by atoms with Crippen molar-refractivity contribution >= 4 is 35.6 Å². The minimum atomic E-state index is -2.83. The van der Waals surface area contributed by atoms with Gasteiger partial charge < -0.3 is 25.0 Å². The van der Waals surface area contributed by atoms with Gasteiger partial charge in [0.05, 0.1) is 12.3 Å². The number of ether oxygens (including phenoxy) is 2. The van der Waals surface area contributed by atoms with Gasteiger partial charge in [-0.3, -0.25) is 4.99 Å². The first kappa shape index (κ1) is 22.7. The molecule has 0 aromatic heterocycles. The Morgan fingerprint density at radius 2 is 2.15 bits per heavy atom. The smallest absolute Gasteiger partial charge is 0.387 e. The highest BCUT2D eigenvalue weighted by molar-refractivity contribution is 14.0. The lowest BCUT2D eigenvalue weighted by atomic mass is 10.2. The summed E-state index contributed by atoms with van der Waals surface area (Å²) in [4.78, 5) is 6.24. The van der Waals surface area contributed by atoms with E-state index in [0.29, 0.717) is 38.0 Å². The molecule has 1 fully saturated rings. The number of hydrogen-bond acceptors (Lipinski definition) is 4. The molecule has 0 radical (unpaired) electrons. The Hall–Kier alpha value is -1.36. The van der Waals surface area contributed by atoms with E-state index in [4.69, 9.17) is 4.74 Å². The summed E-state index contributed by atoms with van der Waals surface area (Å²) in [5, 5.41) is 6.55. The molecule has 1 saturated heterocycles. The van der Waals surface area contributed by atoms with Crippen LogP contribution < -0.4 is 20.3 Å². The van der Waals surface area contributed by atoms with Gasteiger partial charge in [-0.1, -0.05) is 12.1 Å². The van der Waals surface area contributed by atoms with Gasteiger partial charge in [0.25, 0.3) is 0 Å². The summed E-state index contributed by atoms with van der Waals surface area (Å²) >= 11 is 0. The Labute approximate surface area is 170 Å². The molecule has 9 heteroatoms. The lowest BCUT2D eigenvalue weighted by Crippen LogP contribution is -2.45. The summed E-state index contributed by atoms with van der Waals surface area (Å²) in [7, 11) is 1.72. The number of aliphatic imine (C=N–C) groups is 1. The first-order valence-corrected chi connectivity index (χ1v) is 8.47. The Bertz CT molecular complexity index is 563. The van der Waals surface area contributed by atoms with Crippen molar-refractivity contribution in [3.63, 3.8) is 0 Å². The molecule has 1 aliphatic heterocycles. The number of anilines is 1. The molecule has 26 heavy (non-hydrogen) atoms. The number of halogens is 3. The predicted molar refractivity (Wildman–Crippen MR) is 110 cm³/mol. The maximum atomic E-state index is 12.6. The van der Waals surface area contributed by atoms with Crippen molar-refractivity contribution in [1.29, 1.82) is 0 Å². The summed E-state index contributed by atoms with van der Waals surface area (Å²) in [5.74, 6) is 0.918. The van der Waals surface area contributed by atoms with E-state index in [9.17, 15) is 8.78 Å². The standard InChI is InChI=1S/C17H26F2N4O2.HI/c1-3-24-11-9-21-17(20-2)22-13-8-10-23(12-13)14-6-4-5-7-15(14)25-16(18)19;/h4-7,13,16H,3,8-12H2,1-2H3,(H2,20,21,22);1H. The second-order valence-electron chi connectivity index (χ2n) is 5.62. The lowest BCUT2D eigenvalue weighted by Gasteiger charge is -2.22. The molecule has 2 rings (SSSR count). The Morgan fingerprint density at radius 3 is 2.85 bits per heavy atom. The van der Waals surface area contributed by atoms with E-state index in [2.05, 4.69) is 20.4 Å². The van der Waals surface area contributed by atoms with E-state index < -0.39 is 6.61 Å². The van der Waals surface area contributed by atoms with E-state index in [1.807, 2.05) is 17.9 Å². The third-order valence-electron chi connectivity index (χ3n) is 3.92. The third-order valence-corrected chi connectivity index (χ3v) is 3.92. The van der Waals surface area contributed by atoms with Crippen LogP contribution in [0.3, 0.4) is 0 Å². The molecule has 0 bridgehead atoms. The molecule has 1 aliphatic rings. The van der Waals surface area contributed by atoms with Crippen LogP contribution in [0, 0.1) is 0 Å². The van der Waals surface area contributed by atoms with Gasteiger partial charge in [-0.15, -0.1) is 24.0 Å². The molecule has 0 spiro atoms. The van der Waals surface area contributed by atoms with E-state index in [-0.39, 0.29) is 35.8 Å². The van der Waals surface area contributed by atoms with Crippen LogP contribution in [0.15, 0.2) is 29.3 Å². The molecule has 2 N–H and O–H groups in total. The monoisotopic (exact) mass is 484 g/mol. The molecule has 1 aromatic carbocycles.